The summed E-state index contributed by atoms with van der Waals surface area (Å²) in [6.07, 6.45) is 3.28. The van der Waals surface area contributed by atoms with Gasteiger partial charge in [-0.3, -0.25) is 0 Å². The molecule has 0 saturated heterocycles. The molecule has 0 unspecified atom stereocenters. The molecule has 0 nitrogen and oxygen atoms in total. The Morgan fingerprint density at radius 3 is 1.20 bits per heavy atom. The van der Waals surface area contributed by atoms with Crippen LogP contribution in [-0.4, -0.2) is 0 Å². The Morgan fingerprint density at radius 2 is 1.20 bits per heavy atom. The SMILES string of the molecule is Br.C=CC=C. The Hall–Kier alpha value is -0.0400. The summed E-state index contributed by atoms with van der Waals surface area (Å²) in [5.41, 5.74) is 0. The highest BCUT2D eigenvalue weighted by molar-refractivity contribution is 8.93. The Bertz CT molecular complexity index is 24.6. The monoisotopic (exact) mass is 134 g/mol. The van der Waals surface area contributed by atoms with Gasteiger partial charge in [-0.1, -0.05) is 25.3 Å². The van der Waals surface area contributed by atoms with Gasteiger partial charge in [-0.15, -0.1) is 17.0 Å². The zero-order valence-corrected chi connectivity index (χ0v) is 4.69. The zero-order valence-electron chi connectivity index (χ0n) is 2.98. The molecule has 0 rings (SSSR count). The zero-order chi connectivity index (χ0) is 3.41. The highest BCUT2D eigenvalue weighted by atomic mass is 79.9. The molecule has 0 heterocycles. The van der Waals surface area contributed by atoms with Gasteiger partial charge in [0.2, 0.25) is 0 Å². The average molecular weight is 135 g/mol. The van der Waals surface area contributed by atoms with E-state index in [0.717, 1.165) is 0 Å². The summed E-state index contributed by atoms with van der Waals surface area (Å²) < 4.78 is 0. The van der Waals surface area contributed by atoms with E-state index in [1.165, 1.54) is 0 Å². The van der Waals surface area contributed by atoms with Crippen LogP contribution in [0.25, 0.3) is 0 Å². The molecule has 0 aromatic rings. The van der Waals surface area contributed by atoms with E-state index in [0.29, 0.717) is 0 Å². The minimum absolute atomic E-state index is 0. The molecule has 0 spiro atoms. The summed E-state index contributed by atoms with van der Waals surface area (Å²) >= 11 is 0. The minimum atomic E-state index is 0. The van der Waals surface area contributed by atoms with Crippen LogP contribution in [0.5, 0.6) is 0 Å². The van der Waals surface area contributed by atoms with Crippen molar-refractivity contribution in [1.29, 1.82) is 0 Å². The molecule has 0 N–H and O–H groups in total. The third kappa shape index (κ3) is 16.5. The molecule has 0 fully saturated rings. The van der Waals surface area contributed by atoms with Crippen molar-refractivity contribution in [2.45, 2.75) is 0 Å². The molecular formula is C4H7Br. The molecular weight excluding hydrogens is 128 g/mol. The Balaban J connectivity index is 0. The van der Waals surface area contributed by atoms with Crippen molar-refractivity contribution in [1.82, 2.24) is 0 Å². The van der Waals surface area contributed by atoms with Crippen LogP contribution in [0.4, 0.5) is 0 Å². The lowest BCUT2D eigenvalue weighted by atomic mass is 10.6. The van der Waals surface area contributed by atoms with Crippen molar-refractivity contribution in [3.63, 3.8) is 0 Å². The molecule has 5 heavy (non-hydrogen) atoms. The number of allylic oxidation sites excluding steroid dienone is 2. The predicted molar refractivity (Wildman–Crippen MR) is 30.7 cm³/mol. The number of hydrogen-bond acceptors (Lipinski definition) is 0. The summed E-state index contributed by atoms with van der Waals surface area (Å²) in [5, 5.41) is 0. The van der Waals surface area contributed by atoms with Crippen molar-refractivity contribution in [2.24, 2.45) is 0 Å². The van der Waals surface area contributed by atoms with Gasteiger partial charge in [0.05, 0.1) is 0 Å². The van der Waals surface area contributed by atoms with E-state index in [1.807, 2.05) is 0 Å². The van der Waals surface area contributed by atoms with Crippen LogP contribution in [0.2, 0.25) is 0 Å². The van der Waals surface area contributed by atoms with Crippen molar-refractivity contribution in [2.75, 3.05) is 0 Å². The van der Waals surface area contributed by atoms with Gasteiger partial charge >= 0.3 is 0 Å². The summed E-state index contributed by atoms with van der Waals surface area (Å²) in [4.78, 5) is 0. The normalized spacial score (nSPS) is 4.00. The summed E-state index contributed by atoms with van der Waals surface area (Å²) in [5.74, 6) is 0. The van der Waals surface area contributed by atoms with Crippen LogP contribution in [0.15, 0.2) is 25.3 Å². The summed E-state index contributed by atoms with van der Waals surface area (Å²) in [6, 6.07) is 0. The van der Waals surface area contributed by atoms with E-state index in [4.69, 9.17) is 0 Å². The lowest BCUT2D eigenvalue weighted by molar-refractivity contribution is 2.15. The van der Waals surface area contributed by atoms with Gasteiger partial charge in [0.15, 0.2) is 0 Å². The first-order valence-electron chi connectivity index (χ1n) is 1.15. The second kappa shape index (κ2) is 9.03. The largest absolute Gasteiger partial charge is 0.114 e. The van der Waals surface area contributed by atoms with Crippen LogP contribution >= 0.6 is 17.0 Å². The van der Waals surface area contributed by atoms with Gasteiger partial charge in [-0.2, -0.15) is 0 Å². The van der Waals surface area contributed by atoms with E-state index in [9.17, 15) is 0 Å². The second-order valence-corrected chi connectivity index (χ2v) is 0.471. The maximum Gasteiger partial charge on any atom is -0.0701 e. The standard InChI is InChI=1S/C4H6.BrH/c1-3-4-2;/h3-4H,1-2H2;1H. The third-order valence-electron chi connectivity index (χ3n) is 0.167. The van der Waals surface area contributed by atoms with Crippen molar-refractivity contribution >= 4 is 17.0 Å². The van der Waals surface area contributed by atoms with Gasteiger partial charge in [0.25, 0.3) is 0 Å². The van der Waals surface area contributed by atoms with E-state index in [1.54, 1.807) is 12.2 Å². The summed E-state index contributed by atoms with van der Waals surface area (Å²) in [6.45, 7) is 6.72. The number of hydrogen-bond donors (Lipinski definition) is 0. The Labute approximate surface area is 43.0 Å². The van der Waals surface area contributed by atoms with Crippen molar-refractivity contribution in [3.05, 3.63) is 25.3 Å². The summed E-state index contributed by atoms with van der Waals surface area (Å²) in [7, 11) is 0. The van der Waals surface area contributed by atoms with Crippen LogP contribution in [0, 0.1) is 0 Å². The Kier molecular flexibility index (Phi) is 16.0. The molecule has 0 saturated carbocycles. The highest BCUT2D eigenvalue weighted by Gasteiger charge is 1.29. The molecule has 0 bridgehead atoms. The molecule has 0 aromatic heterocycles. The van der Waals surface area contributed by atoms with Crippen molar-refractivity contribution < 1.29 is 0 Å². The first-order chi connectivity index (χ1) is 1.91. The topological polar surface area (TPSA) is 0 Å². The first kappa shape index (κ1) is 8.88. The highest BCUT2D eigenvalue weighted by Crippen LogP contribution is 1.52. The number of rotatable bonds is 1. The molecule has 0 aliphatic heterocycles. The Morgan fingerprint density at radius 1 is 1.00 bits per heavy atom. The van der Waals surface area contributed by atoms with E-state index in [-0.39, 0.29) is 17.0 Å². The predicted octanol–water partition coefficient (Wildman–Crippen LogP) is 1.94. The minimum Gasteiger partial charge on any atom is -0.114 e. The van der Waals surface area contributed by atoms with Gasteiger partial charge in [0, 0.05) is 0 Å². The second-order valence-electron chi connectivity index (χ2n) is 0.471. The molecule has 0 aliphatic carbocycles. The van der Waals surface area contributed by atoms with Crippen LogP contribution in [0.3, 0.4) is 0 Å². The van der Waals surface area contributed by atoms with Gasteiger partial charge in [-0.05, 0) is 0 Å². The molecule has 0 aliphatic rings. The molecule has 0 radical (unpaired) electrons. The number of halogens is 1. The fourth-order valence-electron chi connectivity index (χ4n) is 0. The van der Waals surface area contributed by atoms with E-state index < -0.39 is 0 Å². The van der Waals surface area contributed by atoms with E-state index >= 15 is 0 Å². The maximum atomic E-state index is 3.36. The molecule has 0 amide bonds. The molecule has 0 aromatic carbocycles. The van der Waals surface area contributed by atoms with Gasteiger partial charge in [0.1, 0.15) is 0 Å². The lowest BCUT2D eigenvalue weighted by Crippen LogP contribution is -1.21. The van der Waals surface area contributed by atoms with E-state index in [2.05, 4.69) is 13.2 Å². The smallest absolute Gasteiger partial charge is 0.0701 e. The maximum absolute atomic E-state index is 3.36. The lowest BCUT2D eigenvalue weighted by Gasteiger charge is -1.44. The van der Waals surface area contributed by atoms with Gasteiger partial charge < -0.3 is 0 Å². The molecule has 1 heteroatoms. The van der Waals surface area contributed by atoms with Crippen LogP contribution in [0.1, 0.15) is 0 Å². The third-order valence-corrected chi connectivity index (χ3v) is 0.167. The molecule has 0 atom stereocenters. The van der Waals surface area contributed by atoms with Crippen molar-refractivity contribution in [3.8, 4) is 0 Å². The molecule has 30 valence electrons. The van der Waals surface area contributed by atoms with Crippen LogP contribution in [-0.2, 0) is 0 Å². The fraction of sp³-hybridized carbons (Fsp3) is 0. The quantitative estimate of drug-likeness (QED) is 0.482. The average Bonchev–Trinajstić information content (AvgIpc) is 1.37. The van der Waals surface area contributed by atoms with Crippen LogP contribution < -0.4 is 0 Å². The fourth-order valence-corrected chi connectivity index (χ4v) is 0. The first-order valence-corrected chi connectivity index (χ1v) is 1.15. The van der Waals surface area contributed by atoms with Gasteiger partial charge in [-0.25, -0.2) is 0 Å².